The van der Waals surface area contributed by atoms with Crippen molar-refractivity contribution in [3.05, 3.63) is 54.7 Å². The second kappa shape index (κ2) is 7.30. The predicted octanol–water partition coefficient (Wildman–Crippen LogP) is -0.577. The van der Waals surface area contributed by atoms with E-state index in [0.29, 0.717) is 31.1 Å². The molecule has 0 fully saturated rings. The molecule has 2 aromatic rings. The summed E-state index contributed by atoms with van der Waals surface area (Å²) in [5.74, 6) is 0.170. The molecule has 0 aliphatic carbocycles. The van der Waals surface area contributed by atoms with Crippen LogP contribution in [0.3, 0.4) is 0 Å². The van der Waals surface area contributed by atoms with Crippen molar-refractivity contribution in [2.75, 3.05) is 13.2 Å². The van der Waals surface area contributed by atoms with Gasteiger partial charge in [-0.05, 0) is 12.1 Å². The Morgan fingerprint density at radius 2 is 2.24 bits per heavy atom. The van der Waals surface area contributed by atoms with Gasteiger partial charge in [-0.15, -0.1) is 0 Å². The second-order valence-electron chi connectivity index (χ2n) is 4.45. The highest BCUT2D eigenvalue weighted by atomic mass is 16.5. The number of hydrogen-bond acceptors (Lipinski definition) is 5. The maximum atomic E-state index is 8.85. The van der Waals surface area contributed by atoms with E-state index in [-0.39, 0.29) is 12.5 Å². The number of aromatic nitrogens is 3. The number of nitrogens with zero attached hydrogens (tertiary/aromatic N) is 3. The molecule has 0 radical (unpaired) electrons. The Morgan fingerprint density at radius 3 is 2.95 bits per heavy atom. The Morgan fingerprint density at radius 1 is 1.38 bits per heavy atom. The number of aliphatic hydroxyl groups is 1. The van der Waals surface area contributed by atoms with Crippen molar-refractivity contribution in [1.29, 1.82) is 0 Å². The van der Waals surface area contributed by atoms with Gasteiger partial charge >= 0.3 is 0 Å². The van der Waals surface area contributed by atoms with Gasteiger partial charge in [0.25, 0.3) is 0 Å². The Kier molecular flexibility index (Phi) is 5.16. The lowest BCUT2D eigenvalue weighted by Gasteiger charge is -2.08. The molecule has 0 amide bonds. The molecule has 0 unspecified atom stereocenters. The van der Waals surface area contributed by atoms with Gasteiger partial charge in [0.15, 0.2) is 0 Å². The van der Waals surface area contributed by atoms with Gasteiger partial charge < -0.3 is 21.3 Å². The van der Waals surface area contributed by atoms with Crippen LogP contribution in [-0.2, 0) is 17.8 Å². The van der Waals surface area contributed by atoms with Crippen LogP contribution in [0.4, 0.5) is 0 Å². The van der Waals surface area contributed by atoms with Gasteiger partial charge in [-0.25, -0.2) is 9.13 Å². The molecule has 112 valence electrons. The van der Waals surface area contributed by atoms with Crippen LogP contribution in [0.1, 0.15) is 5.69 Å². The van der Waals surface area contributed by atoms with Crippen LogP contribution in [0, 0.1) is 0 Å². The average molecular weight is 290 g/mol. The van der Waals surface area contributed by atoms with E-state index in [9.17, 15) is 0 Å². The maximum absolute atomic E-state index is 8.85. The summed E-state index contributed by atoms with van der Waals surface area (Å²) in [5.41, 5.74) is 12.6. The molecule has 5 N–H and O–H groups in total. The molecule has 2 aromatic heterocycles. The first-order valence-corrected chi connectivity index (χ1v) is 6.66. The predicted molar refractivity (Wildman–Crippen MR) is 77.2 cm³/mol. The lowest BCUT2D eigenvalue weighted by molar-refractivity contribution is -0.697. The van der Waals surface area contributed by atoms with Gasteiger partial charge in [-0.3, -0.25) is 4.98 Å². The van der Waals surface area contributed by atoms with Crippen molar-refractivity contribution >= 4 is 5.70 Å². The highest BCUT2D eigenvalue weighted by Crippen LogP contribution is 2.07. The number of rotatable bonds is 7. The highest BCUT2D eigenvalue weighted by molar-refractivity contribution is 5.60. The number of ether oxygens (including phenoxy) is 1. The molecule has 0 aromatic carbocycles. The van der Waals surface area contributed by atoms with Gasteiger partial charge in [-0.1, -0.05) is 6.07 Å². The lowest BCUT2D eigenvalue weighted by Crippen LogP contribution is -2.33. The summed E-state index contributed by atoms with van der Waals surface area (Å²) < 4.78 is 9.28. The van der Waals surface area contributed by atoms with Gasteiger partial charge in [-0.2, -0.15) is 0 Å². The van der Waals surface area contributed by atoms with Crippen molar-refractivity contribution < 1.29 is 14.4 Å². The van der Waals surface area contributed by atoms with E-state index in [4.69, 9.17) is 21.3 Å². The second-order valence-corrected chi connectivity index (χ2v) is 4.45. The summed E-state index contributed by atoms with van der Waals surface area (Å²) in [6.07, 6.45) is 7.33. The minimum atomic E-state index is 0.113. The summed E-state index contributed by atoms with van der Waals surface area (Å²) in [6, 6.07) is 5.42. The Hall–Kier alpha value is -2.54. The van der Waals surface area contributed by atoms with E-state index in [1.54, 1.807) is 12.3 Å². The third kappa shape index (κ3) is 4.22. The van der Waals surface area contributed by atoms with E-state index in [0.717, 1.165) is 0 Å². The fourth-order valence-electron chi connectivity index (χ4n) is 1.81. The van der Waals surface area contributed by atoms with Crippen molar-refractivity contribution in [2.45, 2.75) is 13.1 Å². The normalized spacial score (nSPS) is 12.0. The standard InChI is InChI=1S/C14H20N5O2/c15-13(12-3-1-2-4-17-12)14(16)21-10-8-19-6-5-18(11-19)7-9-20/h1-6,11,20H,7-10,15-16H2/q+1. The zero-order valence-corrected chi connectivity index (χ0v) is 11.7. The van der Waals surface area contributed by atoms with E-state index in [1.807, 2.05) is 40.0 Å². The van der Waals surface area contributed by atoms with E-state index >= 15 is 0 Å². The Balaban J connectivity index is 1.87. The Bertz CT molecular complexity index is 594. The molecule has 7 nitrogen and oxygen atoms in total. The van der Waals surface area contributed by atoms with Gasteiger partial charge in [0, 0.05) is 6.20 Å². The molecular formula is C14H20N5O2+. The smallest absolute Gasteiger partial charge is 0.243 e. The monoisotopic (exact) mass is 290 g/mol. The molecule has 7 heteroatoms. The summed E-state index contributed by atoms with van der Waals surface area (Å²) in [4.78, 5) is 4.11. The molecule has 0 saturated heterocycles. The van der Waals surface area contributed by atoms with E-state index < -0.39 is 0 Å². The maximum Gasteiger partial charge on any atom is 0.243 e. The third-order valence-electron chi connectivity index (χ3n) is 2.92. The van der Waals surface area contributed by atoms with Crippen molar-refractivity contribution in [3.63, 3.8) is 0 Å². The molecule has 0 aliphatic heterocycles. The van der Waals surface area contributed by atoms with E-state index in [1.165, 1.54) is 0 Å². The largest absolute Gasteiger partial charge is 0.474 e. The van der Waals surface area contributed by atoms with Crippen molar-refractivity contribution in [2.24, 2.45) is 11.5 Å². The van der Waals surface area contributed by atoms with Crippen LogP contribution in [0.5, 0.6) is 0 Å². The first-order valence-electron chi connectivity index (χ1n) is 6.66. The molecule has 0 saturated carbocycles. The zero-order chi connectivity index (χ0) is 15.1. The van der Waals surface area contributed by atoms with Crippen molar-refractivity contribution in [3.8, 4) is 0 Å². The molecule has 0 aliphatic rings. The van der Waals surface area contributed by atoms with Gasteiger partial charge in [0.1, 0.15) is 37.8 Å². The Labute approximate surface area is 123 Å². The summed E-state index contributed by atoms with van der Waals surface area (Å²) in [5, 5.41) is 8.85. The SMILES string of the molecule is NC(OCCn1cc[n+](CCO)c1)=C(N)c1ccccn1. The van der Waals surface area contributed by atoms with E-state index in [2.05, 4.69) is 4.98 Å². The minimum absolute atomic E-state index is 0.113. The summed E-state index contributed by atoms with van der Waals surface area (Å²) in [7, 11) is 0. The first-order chi connectivity index (χ1) is 10.2. The van der Waals surface area contributed by atoms with Gasteiger partial charge in [0.05, 0.1) is 12.3 Å². The highest BCUT2D eigenvalue weighted by Gasteiger charge is 2.07. The number of pyridine rings is 1. The molecule has 2 rings (SSSR count). The molecule has 0 spiro atoms. The minimum Gasteiger partial charge on any atom is -0.474 e. The first kappa shape index (κ1) is 14.9. The number of hydrogen-bond donors (Lipinski definition) is 3. The van der Waals surface area contributed by atoms with Crippen molar-refractivity contribution in [1.82, 2.24) is 9.55 Å². The number of imidazole rings is 1. The summed E-state index contributed by atoms with van der Waals surface area (Å²) in [6.45, 7) is 1.71. The van der Waals surface area contributed by atoms with Crippen LogP contribution >= 0.6 is 0 Å². The molecule has 0 atom stereocenters. The van der Waals surface area contributed by atoms with Crippen LogP contribution in [0.2, 0.25) is 0 Å². The molecule has 21 heavy (non-hydrogen) atoms. The topological polar surface area (TPSA) is 103 Å². The fraction of sp³-hybridized carbons (Fsp3) is 0.286. The third-order valence-corrected chi connectivity index (χ3v) is 2.92. The summed E-state index contributed by atoms with van der Waals surface area (Å²) >= 11 is 0. The van der Waals surface area contributed by atoms with Gasteiger partial charge in [0.2, 0.25) is 12.2 Å². The molecular weight excluding hydrogens is 270 g/mol. The fourth-order valence-corrected chi connectivity index (χ4v) is 1.81. The quantitative estimate of drug-likeness (QED) is 0.468. The number of nitrogens with two attached hydrogens (primary N) is 2. The average Bonchev–Trinajstić information content (AvgIpc) is 2.95. The van der Waals surface area contributed by atoms with Crippen LogP contribution < -0.4 is 16.0 Å². The van der Waals surface area contributed by atoms with Crippen LogP contribution in [0.15, 0.2) is 49.0 Å². The zero-order valence-electron chi connectivity index (χ0n) is 11.7. The number of aliphatic hydroxyl groups excluding tert-OH is 1. The van der Waals surface area contributed by atoms with Crippen LogP contribution in [-0.4, -0.2) is 27.9 Å². The lowest BCUT2D eigenvalue weighted by atomic mass is 10.3. The van der Waals surface area contributed by atoms with Crippen LogP contribution in [0.25, 0.3) is 5.70 Å². The molecule has 2 heterocycles. The molecule has 0 bridgehead atoms.